The van der Waals surface area contributed by atoms with Crippen LogP contribution in [0.5, 0.6) is 5.75 Å². The highest BCUT2D eigenvalue weighted by Crippen LogP contribution is 2.28. The molecule has 1 fully saturated rings. The summed E-state index contributed by atoms with van der Waals surface area (Å²) in [5.41, 5.74) is 7.65. The van der Waals surface area contributed by atoms with Gasteiger partial charge < -0.3 is 20.1 Å². The minimum atomic E-state index is 0.139. The fraction of sp³-hybridized carbons (Fsp3) is 0.500. The highest BCUT2D eigenvalue weighted by Gasteiger charge is 2.18. The maximum absolute atomic E-state index is 5.88. The molecule has 4 nitrogen and oxygen atoms in total. The van der Waals surface area contributed by atoms with Crippen molar-refractivity contribution < 1.29 is 9.47 Å². The highest BCUT2D eigenvalue weighted by molar-refractivity contribution is 5.61. The van der Waals surface area contributed by atoms with Gasteiger partial charge in [0.1, 0.15) is 11.9 Å². The average molecular weight is 222 g/mol. The van der Waals surface area contributed by atoms with Gasteiger partial charge in [0.25, 0.3) is 0 Å². The van der Waals surface area contributed by atoms with Crippen molar-refractivity contribution in [3.63, 3.8) is 0 Å². The summed E-state index contributed by atoms with van der Waals surface area (Å²) >= 11 is 0. The van der Waals surface area contributed by atoms with Crippen LogP contribution in [-0.4, -0.2) is 33.4 Å². The fourth-order valence-corrected chi connectivity index (χ4v) is 1.69. The van der Waals surface area contributed by atoms with E-state index in [1.165, 1.54) is 0 Å². The van der Waals surface area contributed by atoms with Gasteiger partial charge in [0.05, 0.1) is 18.9 Å². The summed E-state index contributed by atoms with van der Waals surface area (Å²) in [6.45, 7) is 1.43. The van der Waals surface area contributed by atoms with E-state index >= 15 is 0 Å². The molecule has 0 bridgehead atoms. The second-order valence-corrected chi connectivity index (χ2v) is 4.22. The van der Waals surface area contributed by atoms with Crippen molar-refractivity contribution in [2.24, 2.45) is 0 Å². The fourth-order valence-electron chi connectivity index (χ4n) is 1.69. The van der Waals surface area contributed by atoms with Gasteiger partial charge in [0.2, 0.25) is 0 Å². The van der Waals surface area contributed by atoms with Gasteiger partial charge in [-0.1, -0.05) is 0 Å². The van der Waals surface area contributed by atoms with Gasteiger partial charge in [-0.05, 0) is 12.1 Å². The van der Waals surface area contributed by atoms with E-state index in [-0.39, 0.29) is 6.10 Å². The summed E-state index contributed by atoms with van der Waals surface area (Å²) in [7, 11) is 3.99. The Morgan fingerprint density at radius 2 is 2.25 bits per heavy atom. The molecule has 1 aromatic carbocycles. The molecule has 2 N–H and O–H groups in total. The quantitative estimate of drug-likeness (QED) is 0.787. The van der Waals surface area contributed by atoms with Crippen molar-refractivity contribution in [2.45, 2.75) is 12.5 Å². The summed E-state index contributed by atoms with van der Waals surface area (Å²) in [5.74, 6) is 0.752. The first-order valence-electron chi connectivity index (χ1n) is 5.48. The molecule has 0 aliphatic carbocycles. The maximum Gasteiger partial charge on any atom is 0.144 e. The summed E-state index contributed by atoms with van der Waals surface area (Å²) in [6, 6.07) is 5.82. The zero-order valence-corrected chi connectivity index (χ0v) is 9.77. The van der Waals surface area contributed by atoms with E-state index in [4.69, 9.17) is 15.2 Å². The van der Waals surface area contributed by atoms with Crippen molar-refractivity contribution in [2.75, 3.05) is 37.9 Å². The lowest BCUT2D eigenvalue weighted by Crippen LogP contribution is -2.17. The molecule has 0 spiro atoms. The van der Waals surface area contributed by atoms with Crippen molar-refractivity contribution in [3.05, 3.63) is 18.2 Å². The van der Waals surface area contributed by atoms with Crippen LogP contribution in [-0.2, 0) is 4.74 Å². The van der Waals surface area contributed by atoms with Crippen LogP contribution in [0.3, 0.4) is 0 Å². The summed E-state index contributed by atoms with van der Waals surface area (Å²) in [4.78, 5) is 2.03. The molecular weight excluding hydrogens is 204 g/mol. The molecule has 4 heteroatoms. The first-order valence-corrected chi connectivity index (χ1v) is 5.48. The van der Waals surface area contributed by atoms with Crippen molar-refractivity contribution in [1.82, 2.24) is 0 Å². The van der Waals surface area contributed by atoms with Crippen molar-refractivity contribution >= 4 is 11.4 Å². The van der Waals surface area contributed by atoms with Crippen LogP contribution in [0.2, 0.25) is 0 Å². The Balaban J connectivity index is 2.14. The average Bonchev–Trinajstić information content (AvgIpc) is 2.73. The molecule has 1 atom stereocenters. The monoisotopic (exact) mass is 222 g/mol. The predicted molar refractivity (Wildman–Crippen MR) is 65.0 cm³/mol. The van der Waals surface area contributed by atoms with Crippen LogP contribution in [0.4, 0.5) is 11.4 Å². The Kier molecular flexibility index (Phi) is 3.19. The number of benzene rings is 1. The molecule has 1 aliphatic heterocycles. The number of nitrogens with zero attached hydrogens (tertiary/aromatic N) is 1. The number of ether oxygens (including phenoxy) is 2. The molecule has 0 radical (unpaired) electrons. The van der Waals surface area contributed by atoms with E-state index in [1.54, 1.807) is 0 Å². The summed E-state index contributed by atoms with van der Waals surface area (Å²) in [6.07, 6.45) is 1.07. The lowest BCUT2D eigenvalue weighted by molar-refractivity contribution is 0.142. The number of rotatable bonds is 3. The highest BCUT2D eigenvalue weighted by atomic mass is 16.5. The SMILES string of the molecule is CN(C)c1ccc(N)c(OC2CCOC2)c1. The third-order valence-electron chi connectivity index (χ3n) is 2.70. The molecule has 0 amide bonds. The Hall–Kier alpha value is -1.42. The van der Waals surface area contributed by atoms with Gasteiger partial charge in [0, 0.05) is 32.3 Å². The van der Waals surface area contributed by atoms with E-state index in [1.807, 2.05) is 37.2 Å². The Morgan fingerprint density at radius 3 is 2.88 bits per heavy atom. The maximum atomic E-state index is 5.88. The lowest BCUT2D eigenvalue weighted by Gasteiger charge is -2.18. The van der Waals surface area contributed by atoms with Crippen LogP contribution in [0.15, 0.2) is 18.2 Å². The van der Waals surface area contributed by atoms with Gasteiger partial charge in [-0.3, -0.25) is 0 Å². The second-order valence-electron chi connectivity index (χ2n) is 4.22. The minimum absolute atomic E-state index is 0.139. The minimum Gasteiger partial charge on any atom is -0.486 e. The Labute approximate surface area is 95.9 Å². The second kappa shape index (κ2) is 4.61. The number of hydrogen-bond donors (Lipinski definition) is 1. The molecule has 1 unspecified atom stereocenters. The third-order valence-corrected chi connectivity index (χ3v) is 2.70. The topological polar surface area (TPSA) is 47.7 Å². The van der Waals surface area contributed by atoms with E-state index in [0.29, 0.717) is 12.3 Å². The Morgan fingerprint density at radius 1 is 1.44 bits per heavy atom. The number of anilines is 2. The molecule has 2 rings (SSSR count). The van der Waals surface area contributed by atoms with Gasteiger partial charge in [-0.15, -0.1) is 0 Å². The molecule has 1 aliphatic rings. The van der Waals surface area contributed by atoms with Gasteiger partial charge in [-0.25, -0.2) is 0 Å². The van der Waals surface area contributed by atoms with Crippen LogP contribution >= 0.6 is 0 Å². The van der Waals surface area contributed by atoms with Crippen LogP contribution in [0.1, 0.15) is 6.42 Å². The smallest absolute Gasteiger partial charge is 0.144 e. The lowest BCUT2D eigenvalue weighted by atomic mass is 10.2. The zero-order chi connectivity index (χ0) is 11.5. The first-order chi connectivity index (χ1) is 7.66. The van der Waals surface area contributed by atoms with E-state index in [0.717, 1.165) is 24.5 Å². The van der Waals surface area contributed by atoms with Gasteiger partial charge >= 0.3 is 0 Å². The number of hydrogen-bond acceptors (Lipinski definition) is 4. The molecule has 0 saturated carbocycles. The largest absolute Gasteiger partial charge is 0.486 e. The zero-order valence-electron chi connectivity index (χ0n) is 9.77. The molecule has 1 heterocycles. The molecular formula is C12H18N2O2. The van der Waals surface area contributed by atoms with E-state index in [2.05, 4.69) is 0 Å². The van der Waals surface area contributed by atoms with Crippen molar-refractivity contribution in [3.8, 4) is 5.75 Å². The molecule has 0 aromatic heterocycles. The van der Waals surface area contributed by atoms with Crippen LogP contribution < -0.4 is 15.4 Å². The van der Waals surface area contributed by atoms with Gasteiger partial charge in [0.15, 0.2) is 0 Å². The number of nitrogen functional groups attached to an aromatic ring is 1. The normalized spacial score (nSPS) is 19.8. The molecule has 1 aromatic rings. The third kappa shape index (κ3) is 2.39. The van der Waals surface area contributed by atoms with Crippen LogP contribution in [0, 0.1) is 0 Å². The summed E-state index contributed by atoms with van der Waals surface area (Å²) < 4.78 is 11.1. The molecule has 1 saturated heterocycles. The van der Waals surface area contributed by atoms with Gasteiger partial charge in [-0.2, -0.15) is 0 Å². The number of nitrogens with two attached hydrogens (primary N) is 1. The predicted octanol–water partition coefficient (Wildman–Crippen LogP) is 1.50. The van der Waals surface area contributed by atoms with Crippen molar-refractivity contribution in [1.29, 1.82) is 0 Å². The Bertz CT molecular complexity index is 360. The standard InChI is InChI=1S/C12H18N2O2/c1-14(2)9-3-4-11(13)12(7-9)16-10-5-6-15-8-10/h3-4,7,10H,5-6,8,13H2,1-2H3. The molecule has 88 valence electrons. The first kappa shape index (κ1) is 11.1. The van der Waals surface area contributed by atoms with E-state index in [9.17, 15) is 0 Å². The summed E-state index contributed by atoms with van der Waals surface area (Å²) in [5, 5.41) is 0. The molecule has 16 heavy (non-hydrogen) atoms. The van der Waals surface area contributed by atoms with E-state index < -0.39 is 0 Å². The van der Waals surface area contributed by atoms with Crippen LogP contribution in [0.25, 0.3) is 0 Å².